The molecule has 4 fully saturated rings. The van der Waals surface area contributed by atoms with Crippen LogP contribution in [0, 0.1) is 50.5 Å². The molecule has 1 saturated heterocycles. The first-order valence-corrected chi connectivity index (χ1v) is 13.9. The number of carbonyl (C=O) groups excluding carboxylic acids is 1. The van der Waals surface area contributed by atoms with Gasteiger partial charge in [0.05, 0.1) is 4.92 Å². The van der Waals surface area contributed by atoms with Crippen molar-refractivity contribution in [2.75, 3.05) is 20.1 Å². The predicted molar refractivity (Wildman–Crippen MR) is 138 cm³/mol. The molecule has 8 atom stereocenters. The van der Waals surface area contributed by atoms with Crippen molar-refractivity contribution >= 4 is 11.6 Å². The third-order valence-corrected chi connectivity index (χ3v) is 11.3. The lowest BCUT2D eigenvalue weighted by Crippen LogP contribution is -2.60. The van der Waals surface area contributed by atoms with E-state index in [-0.39, 0.29) is 11.6 Å². The van der Waals surface area contributed by atoms with Gasteiger partial charge in [-0.15, -0.1) is 0 Å². The highest BCUT2D eigenvalue weighted by Gasteiger charge is 2.60. The van der Waals surface area contributed by atoms with Crippen LogP contribution in [0.1, 0.15) is 82.5 Å². The maximum atomic E-state index is 12.7. The van der Waals surface area contributed by atoms with E-state index >= 15 is 0 Å². The van der Waals surface area contributed by atoms with Crippen LogP contribution in [0.25, 0.3) is 0 Å². The van der Waals surface area contributed by atoms with Gasteiger partial charge < -0.3 is 10.2 Å². The minimum Gasteiger partial charge on any atom is -0.352 e. The number of nitro groups is 1. The van der Waals surface area contributed by atoms with Gasteiger partial charge in [0.15, 0.2) is 0 Å². The summed E-state index contributed by atoms with van der Waals surface area (Å²) < 4.78 is 0. The van der Waals surface area contributed by atoms with Crippen LogP contribution < -0.4 is 5.32 Å². The first-order chi connectivity index (χ1) is 16.6. The Bertz CT molecular complexity index is 964. The molecule has 3 saturated carbocycles. The molecule has 5 rings (SSSR count). The zero-order chi connectivity index (χ0) is 25.0. The monoisotopic (exact) mass is 481 g/mol. The molecular weight excluding hydrogens is 438 g/mol. The highest BCUT2D eigenvalue weighted by Crippen LogP contribution is 2.66. The van der Waals surface area contributed by atoms with Gasteiger partial charge in [-0.05, 0) is 118 Å². The van der Waals surface area contributed by atoms with E-state index in [1.54, 1.807) is 12.1 Å². The van der Waals surface area contributed by atoms with Gasteiger partial charge in [-0.3, -0.25) is 14.9 Å². The molecule has 4 aliphatic rings. The van der Waals surface area contributed by atoms with E-state index in [0.29, 0.717) is 34.8 Å². The molecule has 1 aliphatic heterocycles. The fourth-order valence-corrected chi connectivity index (χ4v) is 9.58. The number of nitro benzene ring substituents is 1. The molecule has 192 valence electrons. The minimum absolute atomic E-state index is 0.0122. The van der Waals surface area contributed by atoms with Crippen LogP contribution in [0.2, 0.25) is 0 Å². The number of nitrogens with one attached hydrogen (secondary N) is 1. The smallest absolute Gasteiger partial charge is 0.269 e. The summed E-state index contributed by atoms with van der Waals surface area (Å²) >= 11 is 0. The quantitative estimate of drug-likeness (QED) is 0.419. The second kappa shape index (κ2) is 9.17. The fraction of sp³-hybridized carbons (Fsp3) is 0.759. The normalized spacial score (nSPS) is 39.7. The summed E-state index contributed by atoms with van der Waals surface area (Å²) in [6.07, 6.45) is 10.8. The Labute approximate surface area is 210 Å². The predicted octanol–water partition coefficient (Wildman–Crippen LogP) is 5.91. The Morgan fingerprint density at radius 2 is 1.80 bits per heavy atom. The zero-order valence-corrected chi connectivity index (χ0v) is 22.0. The van der Waals surface area contributed by atoms with E-state index in [0.717, 1.165) is 23.8 Å². The van der Waals surface area contributed by atoms with Gasteiger partial charge in [0.1, 0.15) is 0 Å². The molecule has 0 spiro atoms. The average molecular weight is 482 g/mol. The molecule has 1 amide bonds. The van der Waals surface area contributed by atoms with Gasteiger partial charge in [-0.1, -0.05) is 20.8 Å². The molecule has 1 N–H and O–H groups in total. The summed E-state index contributed by atoms with van der Waals surface area (Å²) in [5.74, 6) is 3.50. The number of hydrogen-bond donors (Lipinski definition) is 1. The highest BCUT2D eigenvalue weighted by molar-refractivity contribution is 5.94. The number of carbonyl (C=O) groups is 1. The van der Waals surface area contributed by atoms with E-state index in [4.69, 9.17) is 0 Å². The van der Waals surface area contributed by atoms with Crippen molar-refractivity contribution in [1.29, 1.82) is 0 Å². The second-order valence-electron chi connectivity index (χ2n) is 12.8. The Hall–Kier alpha value is -1.95. The Morgan fingerprint density at radius 1 is 1.09 bits per heavy atom. The Kier molecular flexibility index (Phi) is 6.48. The lowest BCUT2D eigenvalue weighted by Gasteiger charge is -2.62. The van der Waals surface area contributed by atoms with Crippen molar-refractivity contribution in [3.05, 3.63) is 39.9 Å². The molecule has 3 aliphatic carbocycles. The van der Waals surface area contributed by atoms with E-state index in [1.807, 2.05) is 0 Å². The molecule has 1 aromatic carbocycles. The highest BCUT2D eigenvalue weighted by atomic mass is 16.6. The molecular formula is C29H43N3O3. The zero-order valence-electron chi connectivity index (χ0n) is 22.0. The van der Waals surface area contributed by atoms with Gasteiger partial charge in [-0.2, -0.15) is 0 Å². The fourth-order valence-electron chi connectivity index (χ4n) is 9.58. The van der Waals surface area contributed by atoms with Gasteiger partial charge >= 0.3 is 0 Å². The number of piperidine rings is 1. The van der Waals surface area contributed by atoms with Crippen molar-refractivity contribution in [3.63, 3.8) is 0 Å². The van der Waals surface area contributed by atoms with Crippen molar-refractivity contribution in [2.24, 2.45) is 40.4 Å². The van der Waals surface area contributed by atoms with E-state index < -0.39 is 4.92 Å². The van der Waals surface area contributed by atoms with Gasteiger partial charge in [0.2, 0.25) is 0 Å². The number of rotatable bonds is 5. The largest absolute Gasteiger partial charge is 0.352 e. The molecule has 0 bridgehead atoms. The summed E-state index contributed by atoms with van der Waals surface area (Å²) in [7, 11) is 2.35. The Morgan fingerprint density at radius 3 is 2.51 bits per heavy atom. The van der Waals surface area contributed by atoms with Crippen LogP contribution in [-0.2, 0) is 0 Å². The van der Waals surface area contributed by atoms with Crippen LogP contribution in [0.4, 0.5) is 5.69 Å². The molecule has 1 heterocycles. The minimum atomic E-state index is -0.435. The van der Waals surface area contributed by atoms with E-state index in [1.165, 1.54) is 70.0 Å². The van der Waals surface area contributed by atoms with Crippen LogP contribution in [0.5, 0.6) is 0 Å². The SMILES string of the molecule is CC(CNC(=O)c1ccc([N+](=O)[O-])cc1)[C@H]1CC[C@H]2[C@@H]3CC[C@H]4N(C)CCC[C@]4(C)[C@H]3CC[C@]12C. The van der Waals surface area contributed by atoms with Crippen molar-refractivity contribution in [2.45, 2.75) is 78.2 Å². The van der Waals surface area contributed by atoms with E-state index in [9.17, 15) is 14.9 Å². The summed E-state index contributed by atoms with van der Waals surface area (Å²) in [4.78, 5) is 25.8. The van der Waals surface area contributed by atoms with Crippen LogP contribution >= 0.6 is 0 Å². The molecule has 35 heavy (non-hydrogen) atoms. The summed E-state index contributed by atoms with van der Waals surface area (Å²) in [5.41, 5.74) is 1.36. The van der Waals surface area contributed by atoms with Crippen LogP contribution in [-0.4, -0.2) is 41.9 Å². The number of non-ortho nitro benzene ring substituents is 1. The first kappa shape index (κ1) is 24.7. The maximum absolute atomic E-state index is 12.7. The number of hydrogen-bond acceptors (Lipinski definition) is 4. The van der Waals surface area contributed by atoms with Crippen molar-refractivity contribution in [1.82, 2.24) is 10.2 Å². The topological polar surface area (TPSA) is 75.5 Å². The lowest BCUT2D eigenvalue weighted by molar-refractivity contribution is -0.384. The summed E-state index contributed by atoms with van der Waals surface area (Å²) in [6, 6.07) is 6.67. The molecule has 1 unspecified atom stereocenters. The molecule has 1 aromatic rings. The number of likely N-dealkylation sites (tertiary alicyclic amines) is 1. The molecule has 6 nitrogen and oxygen atoms in total. The average Bonchev–Trinajstić information content (AvgIpc) is 3.19. The second-order valence-corrected chi connectivity index (χ2v) is 12.8. The molecule has 0 radical (unpaired) electrons. The van der Waals surface area contributed by atoms with Crippen molar-refractivity contribution < 1.29 is 9.72 Å². The third kappa shape index (κ3) is 4.10. The molecule has 6 heteroatoms. The van der Waals surface area contributed by atoms with Gasteiger partial charge in [-0.25, -0.2) is 0 Å². The standard InChI is InChI=1S/C29H43N3O3/c1-19(18-30-27(33)20-6-8-21(9-7-20)32(34)35)23-11-12-24-22-10-13-26-29(3,15-5-17-31(26)4)25(22)14-16-28(23,24)2/h6-9,19,22-26H,5,10-18H2,1-4H3,(H,30,33)/t19?,22-,23+,24-,25-,26+,28+,29+/m0/s1. The molecule has 0 aromatic heterocycles. The van der Waals surface area contributed by atoms with Crippen molar-refractivity contribution in [3.8, 4) is 0 Å². The van der Waals surface area contributed by atoms with Crippen LogP contribution in [0.15, 0.2) is 24.3 Å². The first-order valence-electron chi connectivity index (χ1n) is 13.9. The summed E-state index contributed by atoms with van der Waals surface area (Å²) in [6.45, 7) is 9.44. The Balaban J connectivity index is 1.24. The maximum Gasteiger partial charge on any atom is 0.269 e. The van der Waals surface area contributed by atoms with E-state index in [2.05, 4.69) is 38.0 Å². The third-order valence-electron chi connectivity index (χ3n) is 11.3. The van der Waals surface area contributed by atoms with Crippen LogP contribution in [0.3, 0.4) is 0 Å². The van der Waals surface area contributed by atoms with Gasteiger partial charge in [0.25, 0.3) is 11.6 Å². The number of amides is 1. The lowest BCUT2D eigenvalue weighted by atomic mass is 9.46. The van der Waals surface area contributed by atoms with Gasteiger partial charge in [0, 0.05) is 30.3 Å². The number of benzene rings is 1. The number of fused-ring (bicyclic) bond motifs is 5. The summed E-state index contributed by atoms with van der Waals surface area (Å²) in [5, 5.41) is 14.0. The number of nitrogens with zero attached hydrogens (tertiary/aromatic N) is 2.